The molecular weight excluding hydrogens is 342 g/mol. The third-order valence-electron chi connectivity index (χ3n) is 4.42. The zero-order valence-electron chi connectivity index (χ0n) is 14.7. The second kappa shape index (κ2) is 10.7. The van der Waals surface area contributed by atoms with E-state index < -0.39 is 12.0 Å². The molecule has 7 nitrogen and oxygen atoms in total. The summed E-state index contributed by atoms with van der Waals surface area (Å²) < 4.78 is 0. The van der Waals surface area contributed by atoms with Crippen LogP contribution in [0.5, 0.6) is 0 Å². The number of aromatic nitrogens is 1. The smallest absolute Gasteiger partial charge is 0.320 e. The van der Waals surface area contributed by atoms with Crippen LogP contribution in [0, 0.1) is 0 Å². The van der Waals surface area contributed by atoms with Crippen molar-refractivity contribution in [3.8, 4) is 0 Å². The van der Waals surface area contributed by atoms with Crippen LogP contribution in [0.3, 0.4) is 0 Å². The molecule has 0 bridgehead atoms. The van der Waals surface area contributed by atoms with Crippen molar-refractivity contribution in [1.29, 1.82) is 0 Å². The normalized spacial score (nSPS) is 20.4. The highest BCUT2D eigenvalue weighted by Gasteiger charge is 2.20. The Morgan fingerprint density at radius 3 is 2.36 bits per heavy atom. The van der Waals surface area contributed by atoms with Crippen molar-refractivity contribution >= 4 is 17.6 Å². The van der Waals surface area contributed by atoms with E-state index in [1.54, 1.807) is 13.0 Å². The van der Waals surface area contributed by atoms with Gasteiger partial charge in [-0.3, -0.25) is 14.6 Å². The van der Waals surface area contributed by atoms with Gasteiger partial charge in [-0.05, 0) is 19.1 Å². The molecule has 1 atom stereocenters. The van der Waals surface area contributed by atoms with E-state index in [9.17, 15) is 9.90 Å². The standard InChI is InChI=1S/C17H28ClN5O2/c1-14(17(24)25)23-11-7-19-5-9-22(10-6-20-8-12-23)13-15-3-2-4-16(18)21-15/h2-4,14,19-20H,5-13H2,1H3,(H,24,25). The van der Waals surface area contributed by atoms with Crippen LogP contribution in [0.1, 0.15) is 12.6 Å². The molecule has 1 fully saturated rings. The van der Waals surface area contributed by atoms with E-state index in [1.807, 2.05) is 17.0 Å². The minimum Gasteiger partial charge on any atom is -0.480 e. The summed E-state index contributed by atoms with van der Waals surface area (Å²) >= 11 is 5.97. The van der Waals surface area contributed by atoms with Gasteiger partial charge in [0.05, 0.1) is 5.69 Å². The quantitative estimate of drug-likeness (QED) is 0.667. The fraction of sp³-hybridized carbons (Fsp3) is 0.647. The summed E-state index contributed by atoms with van der Waals surface area (Å²) in [7, 11) is 0. The molecule has 0 radical (unpaired) electrons. The van der Waals surface area contributed by atoms with Crippen molar-refractivity contribution in [2.24, 2.45) is 0 Å². The molecule has 1 saturated heterocycles. The Morgan fingerprint density at radius 2 is 1.80 bits per heavy atom. The number of nitrogens with zero attached hydrogens (tertiary/aromatic N) is 3. The number of carboxylic acids is 1. The highest BCUT2D eigenvalue weighted by Crippen LogP contribution is 2.07. The molecule has 140 valence electrons. The average molecular weight is 370 g/mol. The van der Waals surface area contributed by atoms with Crippen LogP contribution in [-0.4, -0.2) is 84.3 Å². The van der Waals surface area contributed by atoms with E-state index in [0.717, 1.165) is 64.6 Å². The SMILES string of the molecule is CC(C(=O)O)N1CCNCCN(Cc2cccc(Cl)n2)CCNCC1. The first-order valence-electron chi connectivity index (χ1n) is 8.78. The van der Waals surface area contributed by atoms with Gasteiger partial charge in [-0.2, -0.15) is 0 Å². The van der Waals surface area contributed by atoms with Gasteiger partial charge in [-0.15, -0.1) is 0 Å². The molecule has 0 aliphatic carbocycles. The zero-order valence-corrected chi connectivity index (χ0v) is 15.5. The van der Waals surface area contributed by atoms with Crippen LogP contribution in [0.25, 0.3) is 0 Å². The van der Waals surface area contributed by atoms with E-state index in [4.69, 9.17) is 11.6 Å². The summed E-state index contributed by atoms with van der Waals surface area (Å²) in [5, 5.41) is 16.6. The minimum atomic E-state index is -0.771. The largest absolute Gasteiger partial charge is 0.480 e. The number of halogens is 1. The molecule has 1 aliphatic rings. The first-order chi connectivity index (χ1) is 12.1. The van der Waals surface area contributed by atoms with E-state index >= 15 is 0 Å². The maximum atomic E-state index is 11.2. The van der Waals surface area contributed by atoms with Crippen molar-refractivity contribution in [1.82, 2.24) is 25.4 Å². The lowest BCUT2D eigenvalue weighted by Gasteiger charge is -2.28. The fourth-order valence-electron chi connectivity index (χ4n) is 2.86. The van der Waals surface area contributed by atoms with Gasteiger partial charge in [0.1, 0.15) is 11.2 Å². The summed E-state index contributed by atoms with van der Waals surface area (Å²) in [5.74, 6) is -0.771. The van der Waals surface area contributed by atoms with E-state index in [1.165, 1.54) is 0 Å². The lowest BCUT2D eigenvalue weighted by molar-refractivity contribution is -0.142. The molecule has 0 spiro atoms. The van der Waals surface area contributed by atoms with Crippen LogP contribution in [-0.2, 0) is 11.3 Å². The van der Waals surface area contributed by atoms with Crippen molar-refractivity contribution < 1.29 is 9.90 Å². The van der Waals surface area contributed by atoms with Crippen LogP contribution >= 0.6 is 11.6 Å². The minimum absolute atomic E-state index is 0.461. The molecule has 1 aromatic rings. The first-order valence-corrected chi connectivity index (χ1v) is 9.16. The topological polar surface area (TPSA) is 80.7 Å². The summed E-state index contributed by atoms with van der Waals surface area (Å²) in [6, 6.07) is 5.25. The lowest BCUT2D eigenvalue weighted by atomic mass is 10.2. The fourth-order valence-corrected chi connectivity index (χ4v) is 3.04. The summed E-state index contributed by atoms with van der Waals surface area (Å²) in [4.78, 5) is 19.9. The van der Waals surface area contributed by atoms with E-state index in [2.05, 4.69) is 20.5 Å². The predicted octanol–water partition coefficient (Wildman–Crippen LogP) is 0.505. The second-order valence-electron chi connectivity index (χ2n) is 6.28. The van der Waals surface area contributed by atoms with Crippen molar-refractivity contribution in [2.75, 3.05) is 52.4 Å². The summed E-state index contributed by atoms with van der Waals surface area (Å²) in [6.45, 7) is 9.05. The molecule has 25 heavy (non-hydrogen) atoms. The Morgan fingerprint density at radius 1 is 1.20 bits per heavy atom. The maximum absolute atomic E-state index is 11.2. The lowest BCUT2D eigenvalue weighted by Crippen LogP contribution is -2.47. The maximum Gasteiger partial charge on any atom is 0.320 e. The number of nitrogens with one attached hydrogen (secondary N) is 2. The predicted molar refractivity (Wildman–Crippen MR) is 98.9 cm³/mol. The average Bonchev–Trinajstić information content (AvgIpc) is 2.56. The monoisotopic (exact) mass is 369 g/mol. The summed E-state index contributed by atoms with van der Waals surface area (Å²) in [6.07, 6.45) is 0. The molecule has 2 rings (SSSR count). The number of rotatable bonds is 4. The van der Waals surface area contributed by atoms with Gasteiger partial charge in [0.25, 0.3) is 0 Å². The number of carboxylic acid groups (broad SMARTS) is 1. The molecule has 1 unspecified atom stereocenters. The van der Waals surface area contributed by atoms with E-state index in [-0.39, 0.29) is 0 Å². The first kappa shape index (κ1) is 20.1. The molecule has 3 N–H and O–H groups in total. The van der Waals surface area contributed by atoms with Crippen molar-refractivity contribution in [2.45, 2.75) is 19.5 Å². The Kier molecular flexibility index (Phi) is 8.57. The molecule has 0 aromatic carbocycles. The number of carbonyl (C=O) groups is 1. The van der Waals surface area contributed by atoms with Crippen molar-refractivity contribution in [3.05, 3.63) is 29.0 Å². The third kappa shape index (κ3) is 7.25. The van der Waals surface area contributed by atoms with Gasteiger partial charge >= 0.3 is 5.97 Å². The highest BCUT2D eigenvalue weighted by molar-refractivity contribution is 6.29. The van der Waals surface area contributed by atoms with Gasteiger partial charge in [0.2, 0.25) is 0 Å². The van der Waals surface area contributed by atoms with Crippen LogP contribution in [0.15, 0.2) is 18.2 Å². The summed E-state index contributed by atoms with van der Waals surface area (Å²) in [5.41, 5.74) is 0.973. The Hall–Kier alpha value is -1.25. The van der Waals surface area contributed by atoms with Crippen LogP contribution in [0.2, 0.25) is 5.15 Å². The van der Waals surface area contributed by atoms with Crippen LogP contribution < -0.4 is 10.6 Å². The molecule has 8 heteroatoms. The van der Waals surface area contributed by atoms with Gasteiger partial charge in [-0.1, -0.05) is 17.7 Å². The van der Waals surface area contributed by atoms with Crippen molar-refractivity contribution in [3.63, 3.8) is 0 Å². The van der Waals surface area contributed by atoms with Gasteiger partial charge in [0.15, 0.2) is 0 Å². The van der Waals surface area contributed by atoms with Crippen LogP contribution in [0.4, 0.5) is 0 Å². The molecule has 1 aliphatic heterocycles. The second-order valence-corrected chi connectivity index (χ2v) is 6.67. The Labute approximate surface area is 154 Å². The highest BCUT2D eigenvalue weighted by atomic mass is 35.5. The number of hydrogen-bond acceptors (Lipinski definition) is 6. The third-order valence-corrected chi connectivity index (χ3v) is 4.64. The molecule has 2 heterocycles. The van der Waals surface area contributed by atoms with E-state index in [0.29, 0.717) is 5.15 Å². The zero-order chi connectivity index (χ0) is 18.1. The molecule has 0 amide bonds. The molecular formula is C17H28ClN5O2. The molecule has 1 aromatic heterocycles. The van der Waals surface area contributed by atoms with Gasteiger partial charge < -0.3 is 15.7 Å². The Balaban J connectivity index is 1.85. The molecule has 0 saturated carbocycles. The van der Waals surface area contributed by atoms with Gasteiger partial charge in [0, 0.05) is 58.9 Å². The Bertz CT molecular complexity index is 532. The number of hydrogen-bond donors (Lipinski definition) is 3. The number of pyridine rings is 1. The van der Waals surface area contributed by atoms with Gasteiger partial charge in [-0.25, -0.2) is 4.98 Å². The number of aliphatic carboxylic acids is 1.